The number of carbonyl (C=O) groups is 1. The molecule has 112 valence electrons. The molecule has 0 aliphatic carbocycles. The number of likely N-dealkylation sites (N-methyl/N-ethyl adjacent to an activating group) is 1. The van der Waals surface area contributed by atoms with Gasteiger partial charge in [-0.15, -0.1) is 0 Å². The summed E-state index contributed by atoms with van der Waals surface area (Å²) in [4.78, 5) is 13.2. The molecule has 1 unspecified atom stereocenters. The zero-order valence-electron chi connectivity index (χ0n) is 11.8. The number of nitrogens with zero attached hydrogens (tertiary/aromatic N) is 1. The number of aliphatic hydroxyl groups excluding tert-OH is 1. The van der Waals surface area contributed by atoms with Crippen LogP contribution in [0, 0.1) is 5.82 Å². The first kappa shape index (κ1) is 16.2. The van der Waals surface area contributed by atoms with Crippen LogP contribution < -0.4 is 10.1 Å². The van der Waals surface area contributed by atoms with E-state index in [1.807, 2.05) is 6.92 Å². The van der Waals surface area contributed by atoms with E-state index in [1.54, 1.807) is 19.1 Å². The molecule has 0 bridgehead atoms. The highest BCUT2D eigenvalue weighted by atomic mass is 19.1. The van der Waals surface area contributed by atoms with Crippen molar-refractivity contribution in [3.8, 4) is 5.75 Å². The van der Waals surface area contributed by atoms with Gasteiger partial charge in [-0.05, 0) is 26.0 Å². The predicted octanol–water partition coefficient (Wildman–Crippen LogP) is 1.62. The molecule has 0 radical (unpaired) electrons. The molecule has 0 spiro atoms. The SMILES string of the molecule is CCN(CCO)C(=O)NCC(C)Oc1ccccc1F. The fourth-order valence-corrected chi connectivity index (χ4v) is 1.67. The normalized spacial score (nSPS) is 11.8. The van der Waals surface area contributed by atoms with Crippen molar-refractivity contribution in [2.45, 2.75) is 20.0 Å². The van der Waals surface area contributed by atoms with E-state index in [0.29, 0.717) is 6.54 Å². The van der Waals surface area contributed by atoms with Crippen LogP contribution in [0.25, 0.3) is 0 Å². The van der Waals surface area contributed by atoms with Crippen molar-refractivity contribution in [3.05, 3.63) is 30.1 Å². The molecular formula is C14H21FN2O3. The fraction of sp³-hybridized carbons (Fsp3) is 0.500. The van der Waals surface area contributed by atoms with Crippen LogP contribution in [-0.4, -0.2) is 48.4 Å². The smallest absolute Gasteiger partial charge is 0.317 e. The number of nitrogens with one attached hydrogen (secondary N) is 1. The zero-order valence-corrected chi connectivity index (χ0v) is 11.8. The van der Waals surface area contributed by atoms with Gasteiger partial charge in [-0.25, -0.2) is 9.18 Å². The lowest BCUT2D eigenvalue weighted by Gasteiger charge is -2.22. The summed E-state index contributed by atoms with van der Waals surface area (Å²) < 4.78 is 18.8. The second kappa shape index (κ2) is 8.37. The molecule has 5 nitrogen and oxygen atoms in total. The van der Waals surface area contributed by atoms with Crippen molar-refractivity contribution in [1.82, 2.24) is 10.2 Å². The Kier molecular flexibility index (Phi) is 6.79. The van der Waals surface area contributed by atoms with Gasteiger partial charge in [0, 0.05) is 13.1 Å². The lowest BCUT2D eigenvalue weighted by molar-refractivity contribution is 0.169. The molecule has 0 saturated heterocycles. The van der Waals surface area contributed by atoms with Crippen molar-refractivity contribution in [2.75, 3.05) is 26.2 Å². The number of halogens is 1. The molecule has 1 aromatic carbocycles. The topological polar surface area (TPSA) is 61.8 Å². The number of para-hydroxylation sites is 1. The first-order chi connectivity index (χ1) is 9.58. The molecule has 1 rings (SSSR count). The summed E-state index contributed by atoms with van der Waals surface area (Å²) in [5.41, 5.74) is 0. The minimum Gasteiger partial charge on any atom is -0.486 e. The Hall–Kier alpha value is -1.82. The Morgan fingerprint density at radius 2 is 2.20 bits per heavy atom. The van der Waals surface area contributed by atoms with Gasteiger partial charge in [0.1, 0.15) is 6.10 Å². The van der Waals surface area contributed by atoms with Crippen LogP contribution in [0.3, 0.4) is 0 Å². The highest BCUT2D eigenvalue weighted by Crippen LogP contribution is 2.16. The van der Waals surface area contributed by atoms with Crippen molar-refractivity contribution < 1.29 is 19.0 Å². The predicted molar refractivity (Wildman–Crippen MR) is 74.2 cm³/mol. The third kappa shape index (κ3) is 5.05. The van der Waals surface area contributed by atoms with Gasteiger partial charge in [0.25, 0.3) is 0 Å². The lowest BCUT2D eigenvalue weighted by atomic mass is 10.3. The fourth-order valence-electron chi connectivity index (χ4n) is 1.67. The maximum atomic E-state index is 13.4. The second-order valence-electron chi connectivity index (χ2n) is 4.35. The van der Waals surface area contributed by atoms with Crippen molar-refractivity contribution in [3.63, 3.8) is 0 Å². The van der Waals surface area contributed by atoms with Gasteiger partial charge in [0.15, 0.2) is 11.6 Å². The van der Waals surface area contributed by atoms with Crippen LogP contribution >= 0.6 is 0 Å². The third-order valence-electron chi connectivity index (χ3n) is 2.74. The Labute approximate surface area is 118 Å². The number of hydrogen-bond acceptors (Lipinski definition) is 3. The molecule has 0 fully saturated rings. The highest BCUT2D eigenvalue weighted by Gasteiger charge is 2.13. The average molecular weight is 284 g/mol. The number of ether oxygens (including phenoxy) is 1. The molecule has 0 aliphatic heterocycles. The third-order valence-corrected chi connectivity index (χ3v) is 2.74. The lowest BCUT2D eigenvalue weighted by Crippen LogP contribution is -2.44. The summed E-state index contributed by atoms with van der Waals surface area (Å²) in [7, 11) is 0. The van der Waals surface area contributed by atoms with Gasteiger partial charge in [0.05, 0.1) is 13.2 Å². The Bertz CT molecular complexity index is 429. The molecular weight excluding hydrogens is 263 g/mol. The number of amides is 2. The first-order valence-electron chi connectivity index (χ1n) is 6.63. The largest absolute Gasteiger partial charge is 0.486 e. The average Bonchev–Trinajstić information content (AvgIpc) is 2.44. The van der Waals surface area contributed by atoms with E-state index in [9.17, 15) is 9.18 Å². The van der Waals surface area contributed by atoms with Gasteiger partial charge in [-0.3, -0.25) is 0 Å². The Balaban J connectivity index is 2.41. The highest BCUT2D eigenvalue weighted by molar-refractivity contribution is 5.74. The maximum absolute atomic E-state index is 13.4. The molecule has 0 aliphatic rings. The van der Waals surface area contributed by atoms with E-state index >= 15 is 0 Å². The first-order valence-corrected chi connectivity index (χ1v) is 6.63. The summed E-state index contributed by atoms with van der Waals surface area (Å²) in [5, 5.41) is 11.5. The quantitative estimate of drug-likeness (QED) is 0.800. The van der Waals surface area contributed by atoms with Gasteiger partial charge in [-0.1, -0.05) is 12.1 Å². The van der Waals surface area contributed by atoms with Crippen molar-refractivity contribution in [1.29, 1.82) is 0 Å². The zero-order chi connectivity index (χ0) is 15.0. The minimum atomic E-state index is -0.429. The van der Waals surface area contributed by atoms with Crippen LogP contribution in [0.5, 0.6) is 5.75 Å². The standard InChI is InChI=1S/C14H21FN2O3/c1-3-17(8-9-18)14(19)16-10-11(2)20-13-7-5-4-6-12(13)15/h4-7,11,18H,3,8-10H2,1-2H3,(H,16,19). The van der Waals surface area contributed by atoms with Gasteiger partial charge in [-0.2, -0.15) is 0 Å². The van der Waals surface area contributed by atoms with Crippen LogP contribution in [0.4, 0.5) is 9.18 Å². The summed E-state index contributed by atoms with van der Waals surface area (Å²) in [5.74, 6) is -0.266. The maximum Gasteiger partial charge on any atom is 0.317 e. The number of aliphatic hydroxyl groups is 1. The van der Waals surface area contributed by atoms with E-state index in [-0.39, 0.29) is 37.6 Å². The van der Waals surface area contributed by atoms with Gasteiger partial charge in [0.2, 0.25) is 0 Å². The van der Waals surface area contributed by atoms with E-state index in [2.05, 4.69) is 5.32 Å². The van der Waals surface area contributed by atoms with Gasteiger partial charge >= 0.3 is 6.03 Å². The molecule has 0 saturated carbocycles. The van der Waals surface area contributed by atoms with Crippen LogP contribution in [0.1, 0.15) is 13.8 Å². The number of carbonyl (C=O) groups excluding carboxylic acids is 1. The van der Waals surface area contributed by atoms with E-state index in [0.717, 1.165) is 0 Å². The van der Waals surface area contributed by atoms with Crippen molar-refractivity contribution >= 4 is 6.03 Å². The molecule has 2 N–H and O–H groups in total. The summed E-state index contributed by atoms with van der Waals surface area (Å²) in [6.45, 7) is 4.54. The monoisotopic (exact) mass is 284 g/mol. The molecule has 1 aromatic rings. The number of urea groups is 1. The number of hydrogen-bond donors (Lipinski definition) is 2. The summed E-state index contributed by atoms with van der Waals surface area (Å²) in [6.07, 6.45) is -0.358. The number of rotatable bonds is 7. The van der Waals surface area contributed by atoms with Crippen LogP contribution in [-0.2, 0) is 0 Å². The molecule has 0 aromatic heterocycles. The van der Waals surface area contributed by atoms with Crippen LogP contribution in [0.2, 0.25) is 0 Å². The summed E-state index contributed by atoms with van der Waals surface area (Å²) in [6, 6.07) is 5.86. The molecule has 20 heavy (non-hydrogen) atoms. The Morgan fingerprint density at radius 1 is 1.50 bits per heavy atom. The summed E-state index contributed by atoms with van der Waals surface area (Å²) >= 11 is 0. The van der Waals surface area contributed by atoms with Crippen LogP contribution in [0.15, 0.2) is 24.3 Å². The molecule has 6 heteroatoms. The van der Waals surface area contributed by atoms with E-state index in [1.165, 1.54) is 17.0 Å². The van der Waals surface area contributed by atoms with Gasteiger partial charge < -0.3 is 20.1 Å². The second-order valence-corrected chi connectivity index (χ2v) is 4.35. The molecule has 1 atom stereocenters. The minimum absolute atomic E-state index is 0.0808. The van der Waals surface area contributed by atoms with Crippen molar-refractivity contribution in [2.24, 2.45) is 0 Å². The van der Waals surface area contributed by atoms with E-state index < -0.39 is 5.82 Å². The molecule has 0 heterocycles. The Morgan fingerprint density at radius 3 is 2.80 bits per heavy atom. The molecule has 2 amide bonds. The van der Waals surface area contributed by atoms with E-state index in [4.69, 9.17) is 9.84 Å². The number of benzene rings is 1.